The Morgan fingerprint density at radius 3 is 2.75 bits per heavy atom. The van der Waals surface area contributed by atoms with Gasteiger partial charge in [0.2, 0.25) is 0 Å². The Hall–Kier alpha value is -1.32. The molecule has 0 saturated heterocycles. The molecule has 0 aliphatic heterocycles. The number of oxazole rings is 1. The molecule has 1 N–H and O–H groups in total. The molecule has 0 fully saturated rings. The van der Waals surface area contributed by atoms with Crippen LogP contribution in [0, 0.1) is 0 Å². The van der Waals surface area contributed by atoms with Gasteiger partial charge in [-0.3, -0.25) is 9.78 Å². The SMILES string of the molecule is O=Cc1coc(=O)[nH]1. The normalized spacial score (nSPS) is 9.00. The van der Waals surface area contributed by atoms with Gasteiger partial charge in [-0.2, -0.15) is 0 Å². The predicted molar refractivity (Wildman–Crippen MR) is 24.7 cm³/mol. The van der Waals surface area contributed by atoms with Crippen molar-refractivity contribution in [3.63, 3.8) is 0 Å². The number of aromatic nitrogens is 1. The number of hydrogen-bond acceptors (Lipinski definition) is 3. The molecule has 0 unspecified atom stereocenters. The van der Waals surface area contributed by atoms with Crippen LogP contribution in [-0.4, -0.2) is 11.3 Å². The lowest BCUT2D eigenvalue weighted by atomic mass is 10.6. The molecule has 0 radical (unpaired) electrons. The van der Waals surface area contributed by atoms with Crippen molar-refractivity contribution in [3.05, 3.63) is 22.5 Å². The molecule has 0 aliphatic rings. The Labute approximate surface area is 44.1 Å². The van der Waals surface area contributed by atoms with Gasteiger partial charge in [-0.1, -0.05) is 0 Å². The van der Waals surface area contributed by atoms with Crippen LogP contribution in [0.1, 0.15) is 10.5 Å². The molecule has 4 nitrogen and oxygen atoms in total. The maximum Gasteiger partial charge on any atom is 0.416 e. The van der Waals surface area contributed by atoms with E-state index >= 15 is 0 Å². The average Bonchev–Trinajstić information content (AvgIpc) is 2.14. The smallest absolute Gasteiger partial charge is 0.416 e. The van der Waals surface area contributed by atoms with Gasteiger partial charge in [0.15, 0.2) is 6.29 Å². The van der Waals surface area contributed by atoms with Crippen molar-refractivity contribution >= 4 is 6.29 Å². The van der Waals surface area contributed by atoms with Crippen LogP contribution >= 0.6 is 0 Å². The first-order valence-electron chi connectivity index (χ1n) is 1.96. The van der Waals surface area contributed by atoms with Crippen LogP contribution in [0.2, 0.25) is 0 Å². The lowest BCUT2D eigenvalue weighted by Crippen LogP contribution is -1.95. The highest BCUT2D eigenvalue weighted by Crippen LogP contribution is 1.80. The summed E-state index contributed by atoms with van der Waals surface area (Å²) in [6, 6.07) is 0. The second-order valence-corrected chi connectivity index (χ2v) is 1.22. The molecule has 0 atom stereocenters. The van der Waals surface area contributed by atoms with E-state index in [0.717, 1.165) is 6.26 Å². The number of H-pyrrole nitrogens is 1. The number of hydrogen-bond donors (Lipinski definition) is 1. The highest BCUT2D eigenvalue weighted by Gasteiger charge is 1.90. The number of nitrogens with one attached hydrogen (secondary N) is 1. The summed E-state index contributed by atoms with van der Waals surface area (Å²) in [4.78, 5) is 22.0. The predicted octanol–water partition coefficient (Wildman–Crippen LogP) is -0.220. The molecule has 0 bridgehead atoms. The Bertz CT molecular complexity index is 233. The summed E-state index contributed by atoms with van der Waals surface area (Å²) in [6.45, 7) is 0. The number of rotatable bonds is 1. The molecule has 0 aliphatic carbocycles. The van der Waals surface area contributed by atoms with E-state index in [2.05, 4.69) is 9.40 Å². The van der Waals surface area contributed by atoms with Crippen LogP contribution in [0.15, 0.2) is 15.5 Å². The number of aromatic amines is 1. The molecule has 0 saturated carbocycles. The molecule has 1 aromatic rings. The highest BCUT2D eigenvalue weighted by molar-refractivity contribution is 5.70. The topological polar surface area (TPSA) is 63.1 Å². The van der Waals surface area contributed by atoms with Crippen LogP contribution in [0.3, 0.4) is 0 Å². The summed E-state index contributed by atoms with van der Waals surface area (Å²) in [5.74, 6) is -0.605. The first-order chi connectivity index (χ1) is 3.83. The first-order valence-corrected chi connectivity index (χ1v) is 1.96. The fraction of sp³-hybridized carbons (Fsp3) is 0. The zero-order valence-corrected chi connectivity index (χ0v) is 3.88. The number of carbonyl (C=O) groups excluding carboxylic acids is 1. The Balaban J connectivity index is 3.18. The van der Waals surface area contributed by atoms with Crippen LogP contribution in [0.4, 0.5) is 0 Å². The molecular weight excluding hydrogens is 110 g/mol. The second kappa shape index (κ2) is 1.65. The van der Waals surface area contributed by atoms with E-state index < -0.39 is 5.76 Å². The van der Waals surface area contributed by atoms with Gasteiger partial charge in [0, 0.05) is 0 Å². The molecule has 1 rings (SSSR count). The van der Waals surface area contributed by atoms with E-state index in [0.29, 0.717) is 6.29 Å². The monoisotopic (exact) mass is 113 g/mol. The van der Waals surface area contributed by atoms with Gasteiger partial charge in [0.05, 0.1) is 0 Å². The molecule has 0 spiro atoms. The summed E-state index contributed by atoms with van der Waals surface area (Å²) >= 11 is 0. The lowest BCUT2D eigenvalue weighted by Gasteiger charge is -1.64. The molecule has 42 valence electrons. The minimum absolute atomic E-state index is 0.162. The van der Waals surface area contributed by atoms with Gasteiger partial charge in [-0.05, 0) is 0 Å². The Morgan fingerprint density at radius 1 is 1.75 bits per heavy atom. The number of aldehydes is 1. The van der Waals surface area contributed by atoms with Crippen LogP contribution < -0.4 is 5.76 Å². The van der Waals surface area contributed by atoms with Gasteiger partial charge < -0.3 is 4.42 Å². The van der Waals surface area contributed by atoms with Gasteiger partial charge in [0.25, 0.3) is 0 Å². The van der Waals surface area contributed by atoms with Crippen molar-refractivity contribution in [1.29, 1.82) is 0 Å². The van der Waals surface area contributed by atoms with E-state index in [1.807, 2.05) is 0 Å². The van der Waals surface area contributed by atoms with E-state index in [9.17, 15) is 9.59 Å². The van der Waals surface area contributed by atoms with E-state index in [1.54, 1.807) is 0 Å². The van der Waals surface area contributed by atoms with E-state index in [1.165, 1.54) is 0 Å². The minimum Gasteiger partial charge on any atom is -0.416 e. The quantitative estimate of drug-likeness (QED) is 0.512. The zero-order valence-electron chi connectivity index (χ0n) is 3.88. The largest absolute Gasteiger partial charge is 0.416 e. The molecule has 0 amide bonds. The highest BCUT2D eigenvalue weighted by atomic mass is 16.4. The second-order valence-electron chi connectivity index (χ2n) is 1.22. The third kappa shape index (κ3) is 0.676. The first kappa shape index (κ1) is 4.83. The van der Waals surface area contributed by atoms with Crippen molar-refractivity contribution in [2.24, 2.45) is 0 Å². The standard InChI is InChI=1S/C4H3NO3/c6-1-3-2-8-4(7)5-3/h1-2H,(H,5,7). The number of carbonyl (C=O) groups is 1. The molecule has 1 aromatic heterocycles. The third-order valence-corrected chi connectivity index (χ3v) is 0.666. The van der Waals surface area contributed by atoms with Crippen molar-refractivity contribution in [2.75, 3.05) is 0 Å². The molecular formula is C4H3NO3. The van der Waals surface area contributed by atoms with Crippen LogP contribution in [-0.2, 0) is 0 Å². The molecule has 8 heavy (non-hydrogen) atoms. The molecule has 4 heteroatoms. The van der Waals surface area contributed by atoms with Crippen molar-refractivity contribution in [3.8, 4) is 0 Å². The van der Waals surface area contributed by atoms with Gasteiger partial charge in [-0.15, -0.1) is 0 Å². The van der Waals surface area contributed by atoms with Crippen LogP contribution in [0.5, 0.6) is 0 Å². The lowest BCUT2D eigenvalue weighted by molar-refractivity contribution is 0.111. The Kier molecular flexibility index (Phi) is 0.997. The minimum atomic E-state index is -0.605. The van der Waals surface area contributed by atoms with Gasteiger partial charge in [-0.25, -0.2) is 4.79 Å². The van der Waals surface area contributed by atoms with Crippen molar-refractivity contribution in [2.45, 2.75) is 0 Å². The zero-order chi connectivity index (χ0) is 5.98. The van der Waals surface area contributed by atoms with E-state index in [-0.39, 0.29) is 5.69 Å². The fourth-order valence-electron chi connectivity index (χ4n) is 0.351. The third-order valence-electron chi connectivity index (χ3n) is 0.666. The average molecular weight is 113 g/mol. The maximum atomic E-state index is 10.1. The summed E-state index contributed by atoms with van der Waals surface area (Å²) in [6.07, 6.45) is 1.57. The summed E-state index contributed by atoms with van der Waals surface area (Å²) in [5, 5.41) is 0. The maximum absolute atomic E-state index is 10.1. The summed E-state index contributed by atoms with van der Waals surface area (Å²) in [5.41, 5.74) is 0.162. The molecule has 0 aromatic carbocycles. The Morgan fingerprint density at radius 2 is 2.50 bits per heavy atom. The summed E-state index contributed by atoms with van der Waals surface area (Å²) < 4.78 is 4.21. The van der Waals surface area contributed by atoms with Crippen molar-refractivity contribution in [1.82, 2.24) is 4.98 Å². The van der Waals surface area contributed by atoms with E-state index in [4.69, 9.17) is 0 Å². The van der Waals surface area contributed by atoms with Crippen LogP contribution in [0.25, 0.3) is 0 Å². The summed E-state index contributed by atoms with van der Waals surface area (Å²) in [7, 11) is 0. The molecule has 1 heterocycles. The van der Waals surface area contributed by atoms with Gasteiger partial charge >= 0.3 is 5.76 Å². The van der Waals surface area contributed by atoms with Crippen molar-refractivity contribution < 1.29 is 9.21 Å². The fourth-order valence-corrected chi connectivity index (χ4v) is 0.351. The van der Waals surface area contributed by atoms with Gasteiger partial charge in [0.1, 0.15) is 12.0 Å².